The Labute approximate surface area is 202 Å². The largest absolute Gasteiger partial charge is 0.484 e. The fourth-order valence-electron chi connectivity index (χ4n) is 4.21. The number of carbonyl (C=O) groups is 1. The van der Waals surface area contributed by atoms with Gasteiger partial charge in [-0.3, -0.25) is 4.79 Å². The summed E-state index contributed by atoms with van der Waals surface area (Å²) in [4.78, 5) is 16.7. The maximum Gasteiger partial charge on any atom is 0.260 e. The molecule has 6 heteroatoms. The minimum atomic E-state index is 0.0100. The number of hydrogen-bond donors (Lipinski definition) is 0. The number of hydrogen-bond acceptors (Lipinski definition) is 5. The molecule has 0 saturated carbocycles. The van der Waals surface area contributed by atoms with Crippen LogP contribution >= 0.6 is 0 Å². The number of amides is 1. The Hall–Kier alpha value is -3.41. The first-order chi connectivity index (χ1) is 16.2. The van der Waals surface area contributed by atoms with Gasteiger partial charge in [0.05, 0.1) is 5.69 Å². The second-order valence-electron chi connectivity index (χ2n) is 10.0. The number of nitrogens with zero attached hydrogens (tertiary/aromatic N) is 4. The number of aromatic nitrogens is 2. The molecule has 4 rings (SSSR count). The van der Waals surface area contributed by atoms with Crippen LogP contribution in [-0.4, -0.2) is 53.8 Å². The summed E-state index contributed by atoms with van der Waals surface area (Å²) in [7, 11) is 0. The van der Waals surface area contributed by atoms with Crippen LogP contribution < -0.4 is 9.64 Å². The van der Waals surface area contributed by atoms with E-state index in [1.807, 2.05) is 29.2 Å². The molecule has 1 aliphatic heterocycles. The lowest BCUT2D eigenvalue weighted by atomic mass is 9.87. The van der Waals surface area contributed by atoms with Gasteiger partial charge in [-0.05, 0) is 54.7 Å². The van der Waals surface area contributed by atoms with Crippen molar-refractivity contribution in [2.24, 2.45) is 0 Å². The molecule has 3 aromatic rings. The lowest BCUT2D eigenvalue weighted by Crippen LogP contribution is -2.50. The number of carbonyl (C=O) groups excluding carboxylic acids is 1. The predicted molar refractivity (Wildman–Crippen MR) is 136 cm³/mol. The van der Waals surface area contributed by atoms with Gasteiger partial charge in [-0.25, -0.2) is 0 Å². The third-order valence-corrected chi connectivity index (χ3v) is 6.35. The zero-order valence-corrected chi connectivity index (χ0v) is 20.8. The van der Waals surface area contributed by atoms with Crippen molar-refractivity contribution >= 4 is 11.7 Å². The van der Waals surface area contributed by atoms with E-state index in [1.54, 1.807) is 0 Å². The lowest BCUT2D eigenvalue weighted by Gasteiger charge is -2.35. The van der Waals surface area contributed by atoms with Crippen molar-refractivity contribution < 1.29 is 9.53 Å². The Morgan fingerprint density at radius 3 is 2.21 bits per heavy atom. The molecule has 2 aromatic carbocycles. The van der Waals surface area contributed by atoms with Crippen LogP contribution in [0.25, 0.3) is 11.3 Å². The summed E-state index contributed by atoms with van der Waals surface area (Å²) in [6, 6.07) is 18.4. The molecule has 6 nitrogen and oxygen atoms in total. The van der Waals surface area contributed by atoms with Crippen LogP contribution in [0, 0.1) is 13.8 Å². The second kappa shape index (κ2) is 9.84. The number of benzene rings is 2. The Balaban J connectivity index is 1.28. The zero-order valence-electron chi connectivity index (χ0n) is 20.8. The predicted octanol–water partition coefficient (Wildman–Crippen LogP) is 4.79. The lowest BCUT2D eigenvalue weighted by molar-refractivity contribution is -0.133. The maximum absolute atomic E-state index is 12.7. The summed E-state index contributed by atoms with van der Waals surface area (Å²) in [6.45, 7) is 13.5. The van der Waals surface area contributed by atoms with E-state index in [2.05, 4.69) is 80.0 Å². The van der Waals surface area contributed by atoms with Crippen LogP contribution in [0.4, 0.5) is 5.82 Å². The van der Waals surface area contributed by atoms with Gasteiger partial charge in [-0.1, -0.05) is 56.7 Å². The Morgan fingerprint density at radius 2 is 1.62 bits per heavy atom. The minimum absolute atomic E-state index is 0.0100. The van der Waals surface area contributed by atoms with Crippen molar-refractivity contribution in [3.8, 4) is 17.0 Å². The van der Waals surface area contributed by atoms with E-state index in [4.69, 9.17) is 4.74 Å². The van der Waals surface area contributed by atoms with E-state index >= 15 is 0 Å². The molecule has 0 radical (unpaired) electrons. The van der Waals surface area contributed by atoms with Crippen LogP contribution in [0.1, 0.15) is 37.5 Å². The molecule has 2 heterocycles. The highest BCUT2D eigenvalue weighted by Gasteiger charge is 2.23. The average molecular weight is 459 g/mol. The smallest absolute Gasteiger partial charge is 0.260 e. The van der Waals surface area contributed by atoms with E-state index in [-0.39, 0.29) is 17.9 Å². The van der Waals surface area contributed by atoms with Crippen molar-refractivity contribution in [1.29, 1.82) is 0 Å². The molecule has 178 valence electrons. The molecule has 0 bridgehead atoms. The van der Waals surface area contributed by atoms with Crippen molar-refractivity contribution in [2.75, 3.05) is 37.7 Å². The zero-order chi connectivity index (χ0) is 24.3. The number of anilines is 1. The molecule has 0 N–H and O–H groups in total. The average Bonchev–Trinajstić information content (AvgIpc) is 2.82. The number of piperazine rings is 1. The van der Waals surface area contributed by atoms with Crippen LogP contribution in [0.3, 0.4) is 0 Å². The summed E-state index contributed by atoms with van der Waals surface area (Å²) in [6.07, 6.45) is 0. The Morgan fingerprint density at radius 1 is 0.912 bits per heavy atom. The monoisotopic (exact) mass is 458 g/mol. The van der Waals surface area contributed by atoms with Crippen molar-refractivity contribution in [2.45, 2.75) is 40.0 Å². The molecular formula is C28H34N4O2. The van der Waals surface area contributed by atoms with Gasteiger partial charge in [0.25, 0.3) is 5.91 Å². The van der Waals surface area contributed by atoms with Gasteiger partial charge in [0.2, 0.25) is 0 Å². The molecule has 0 spiro atoms. The van der Waals surface area contributed by atoms with Gasteiger partial charge < -0.3 is 14.5 Å². The highest BCUT2D eigenvalue weighted by Crippen LogP contribution is 2.25. The van der Waals surface area contributed by atoms with E-state index in [1.165, 1.54) is 16.7 Å². The first kappa shape index (κ1) is 23.7. The fraction of sp³-hybridized carbons (Fsp3) is 0.393. The molecule has 1 fully saturated rings. The van der Waals surface area contributed by atoms with E-state index in [0.717, 1.165) is 35.9 Å². The summed E-state index contributed by atoms with van der Waals surface area (Å²) in [5.74, 6) is 1.57. The van der Waals surface area contributed by atoms with Crippen molar-refractivity contribution in [3.05, 3.63) is 71.3 Å². The highest BCUT2D eigenvalue weighted by atomic mass is 16.5. The first-order valence-electron chi connectivity index (χ1n) is 11.9. The standard InChI is InChI=1S/C28H34N4O2/c1-20-6-11-24(21(2)18-20)25-12-13-26(30-29-25)31-14-16-32(17-15-31)27(33)19-34-23-9-7-22(8-10-23)28(3,4)5/h6-13,18H,14-17,19H2,1-5H3. The molecular weight excluding hydrogens is 424 g/mol. The van der Waals surface area contributed by atoms with Gasteiger partial charge in [0.1, 0.15) is 5.75 Å². The van der Waals surface area contributed by atoms with Gasteiger partial charge >= 0.3 is 0 Å². The Kier molecular flexibility index (Phi) is 6.87. The van der Waals surface area contributed by atoms with Gasteiger partial charge in [-0.15, -0.1) is 10.2 Å². The maximum atomic E-state index is 12.7. The van der Waals surface area contributed by atoms with Gasteiger partial charge in [0.15, 0.2) is 12.4 Å². The summed E-state index contributed by atoms with van der Waals surface area (Å²) in [5, 5.41) is 8.92. The van der Waals surface area contributed by atoms with Crippen LogP contribution in [0.5, 0.6) is 5.75 Å². The molecule has 0 aliphatic carbocycles. The SMILES string of the molecule is Cc1ccc(-c2ccc(N3CCN(C(=O)COc4ccc(C(C)(C)C)cc4)CC3)nn2)c(C)c1. The molecule has 1 aliphatic rings. The molecule has 1 amide bonds. The minimum Gasteiger partial charge on any atom is -0.484 e. The number of ether oxygens (including phenoxy) is 1. The highest BCUT2D eigenvalue weighted by molar-refractivity contribution is 5.78. The van der Waals surface area contributed by atoms with E-state index < -0.39 is 0 Å². The van der Waals surface area contributed by atoms with E-state index in [0.29, 0.717) is 13.1 Å². The van der Waals surface area contributed by atoms with Crippen molar-refractivity contribution in [3.63, 3.8) is 0 Å². The summed E-state index contributed by atoms with van der Waals surface area (Å²) < 4.78 is 5.75. The fourth-order valence-corrected chi connectivity index (χ4v) is 4.21. The van der Waals surface area contributed by atoms with Gasteiger partial charge in [0, 0.05) is 31.7 Å². The molecule has 0 unspecified atom stereocenters. The summed E-state index contributed by atoms with van der Waals surface area (Å²) >= 11 is 0. The topological polar surface area (TPSA) is 58.6 Å². The van der Waals surface area contributed by atoms with Crippen molar-refractivity contribution in [1.82, 2.24) is 15.1 Å². The number of aryl methyl sites for hydroxylation is 2. The first-order valence-corrected chi connectivity index (χ1v) is 11.9. The molecule has 1 aromatic heterocycles. The molecule has 0 atom stereocenters. The van der Waals surface area contributed by atoms with Crippen LogP contribution in [0.15, 0.2) is 54.6 Å². The van der Waals surface area contributed by atoms with Crippen LogP contribution in [-0.2, 0) is 10.2 Å². The number of rotatable bonds is 5. The summed E-state index contributed by atoms with van der Waals surface area (Å²) in [5.41, 5.74) is 5.75. The van der Waals surface area contributed by atoms with Gasteiger partial charge in [-0.2, -0.15) is 0 Å². The Bertz CT molecular complexity index is 1130. The third-order valence-electron chi connectivity index (χ3n) is 6.35. The third kappa shape index (κ3) is 5.56. The van der Waals surface area contributed by atoms with Crippen LogP contribution in [0.2, 0.25) is 0 Å². The normalized spacial score (nSPS) is 14.3. The second-order valence-corrected chi connectivity index (χ2v) is 10.0. The molecule has 34 heavy (non-hydrogen) atoms. The quantitative estimate of drug-likeness (QED) is 0.550. The molecule has 1 saturated heterocycles. The van der Waals surface area contributed by atoms with E-state index in [9.17, 15) is 4.79 Å².